The van der Waals surface area contributed by atoms with E-state index in [1.54, 1.807) is 0 Å². The minimum absolute atomic E-state index is 0.0551. The first-order valence-electron chi connectivity index (χ1n) is 8.03. The quantitative estimate of drug-likeness (QED) is 0.871. The number of amides is 1. The van der Waals surface area contributed by atoms with Gasteiger partial charge in [0.15, 0.2) is 11.7 Å². The van der Waals surface area contributed by atoms with E-state index in [0.717, 1.165) is 30.6 Å². The molecule has 0 saturated carbocycles. The summed E-state index contributed by atoms with van der Waals surface area (Å²) in [5, 5.41) is 3.20. The molecule has 3 rings (SSSR count). The smallest absolute Gasteiger partial charge is 0.264 e. The Hall–Kier alpha value is -2.40. The molecule has 1 amide bonds. The van der Waals surface area contributed by atoms with Gasteiger partial charge in [-0.25, -0.2) is 0 Å². The Bertz CT molecular complexity index is 761. The van der Waals surface area contributed by atoms with E-state index in [1.165, 1.54) is 5.56 Å². The number of fused-ring (bicyclic) bond motifs is 1. The van der Waals surface area contributed by atoms with Crippen molar-refractivity contribution >= 4 is 28.9 Å². The fourth-order valence-electron chi connectivity index (χ4n) is 2.83. The third kappa shape index (κ3) is 3.74. The molecule has 0 bridgehead atoms. The van der Waals surface area contributed by atoms with Crippen molar-refractivity contribution in [1.29, 1.82) is 0 Å². The van der Waals surface area contributed by atoms with Gasteiger partial charge in [-0.2, -0.15) is 0 Å². The molecule has 0 atom stereocenters. The molecule has 1 aliphatic rings. The van der Waals surface area contributed by atoms with Gasteiger partial charge in [0.25, 0.3) is 5.91 Å². The Kier molecular flexibility index (Phi) is 5.11. The van der Waals surface area contributed by atoms with Crippen molar-refractivity contribution in [1.82, 2.24) is 5.32 Å². The molecule has 0 radical (unpaired) electrons. The fraction of sp³-hybridized carbons (Fsp3) is 0.263. The molecule has 0 unspecified atom stereocenters. The molecule has 0 spiro atoms. The van der Waals surface area contributed by atoms with Gasteiger partial charge in [-0.15, -0.1) is 0 Å². The Labute approximate surface area is 147 Å². The lowest BCUT2D eigenvalue weighted by molar-refractivity contribution is -0.121. The number of anilines is 1. The molecule has 1 N–H and O–H groups in total. The van der Waals surface area contributed by atoms with Crippen LogP contribution in [0.2, 0.25) is 0 Å². The molecule has 1 aliphatic heterocycles. The van der Waals surface area contributed by atoms with Crippen LogP contribution in [0.4, 0.5) is 5.69 Å². The average molecular weight is 340 g/mol. The van der Waals surface area contributed by atoms with Crippen LogP contribution in [0.5, 0.6) is 5.75 Å². The number of benzene rings is 2. The second kappa shape index (κ2) is 7.45. The molecular weight excluding hydrogens is 320 g/mol. The molecule has 0 fully saturated rings. The molecule has 0 aliphatic carbocycles. The Morgan fingerprint density at radius 2 is 1.96 bits per heavy atom. The first-order chi connectivity index (χ1) is 11.6. The Balaban J connectivity index is 1.59. The highest BCUT2D eigenvalue weighted by atomic mass is 32.1. The molecule has 4 nitrogen and oxygen atoms in total. The predicted octanol–water partition coefficient (Wildman–Crippen LogP) is 3.23. The van der Waals surface area contributed by atoms with E-state index in [-0.39, 0.29) is 12.5 Å². The Morgan fingerprint density at radius 1 is 1.21 bits per heavy atom. The lowest BCUT2D eigenvalue weighted by Gasteiger charge is -2.31. The number of rotatable bonds is 3. The summed E-state index contributed by atoms with van der Waals surface area (Å²) in [6.07, 6.45) is 2.06. The van der Waals surface area contributed by atoms with Crippen LogP contribution < -0.4 is 15.0 Å². The number of carbonyl (C=O) groups excluding carboxylic acids is 1. The molecule has 124 valence electrons. The number of para-hydroxylation sites is 2. The van der Waals surface area contributed by atoms with Crippen molar-refractivity contribution in [2.75, 3.05) is 18.1 Å². The second-order valence-electron chi connectivity index (χ2n) is 5.79. The summed E-state index contributed by atoms with van der Waals surface area (Å²) in [4.78, 5) is 14.1. The summed E-state index contributed by atoms with van der Waals surface area (Å²) in [5.41, 5.74) is 3.34. The molecule has 5 heteroatoms. The van der Waals surface area contributed by atoms with Gasteiger partial charge in [-0.3, -0.25) is 10.1 Å². The summed E-state index contributed by atoms with van der Waals surface area (Å²) in [6.45, 7) is 2.71. The number of nitrogens with one attached hydrogen (secondary N) is 1. The van der Waals surface area contributed by atoms with Crippen molar-refractivity contribution in [3.8, 4) is 5.75 Å². The number of hydrogen-bond acceptors (Lipinski definition) is 3. The summed E-state index contributed by atoms with van der Waals surface area (Å²) in [7, 11) is 0. The zero-order valence-electron chi connectivity index (χ0n) is 13.6. The maximum absolute atomic E-state index is 12.1. The highest BCUT2D eigenvalue weighted by molar-refractivity contribution is 7.80. The summed E-state index contributed by atoms with van der Waals surface area (Å²) in [5.74, 6) is 0.466. The van der Waals surface area contributed by atoms with Crippen molar-refractivity contribution < 1.29 is 9.53 Å². The first kappa shape index (κ1) is 16.5. The zero-order chi connectivity index (χ0) is 16.9. The van der Waals surface area contributed by atoms with Gasteiger partial charge in [0, 0.05) is 12.2 Å². The van der Waals surface area contributed by atoms with Crippen LogP contribution in [0.15, 0.2) is 48.5 Å². The van der Waals surface area contributed by atoms with Crippen LogP contribution in [-0.2, 0) is 11.2 Å². The van der Waals surface area contributed by atoms with Crippen LogP contribution in [0.25, 0.3) is 0 Å². The van der Waals surface area contributed by atoms with Crippen LogP contribution >= 0.6 is 12.2 Å². The topological polar surface area (TPSA) is 41.6 Å². The van der Waals surface area contributed by atoms with Crippen molar-refractivity contribution in [3.63, 3.8) is 0 Å². The van der Waals surface area contributed by atoms with Gasteiger partial charge in [0.1, 0.15) is 5.75 Å². The second-order valence-corrected chi connectivity index (χ2v) is 6.18. The number of aryl methyl sites for hydroxylation is 2. The maximum Gasteiger partial charge on any atom is 0.264 e. The van der Waals surface area contributed by atoms with Crippen LogP contribution in [0.1, 0.15) is 17.5 Å². The van der Waals surface area contributed by atoms with E-state index >= 15 is 0 Å². The van der Waals surface area contributed by atoms with Crippen molar-refractivity contribution in [2.45, 2.75) is 19.8 Å². The third-order valence-electron chi connectivity index (χ3n) is 4.05. The van der Waals surface area contributed by atoms with Gasteiger partial charge in [-0.1, -0.05) is 36.4 Å². The number of ether oxygens (including phenoxy) is 1. The minimum Gasteiger partial charge on any atom is -0.483 e. The predicted molar refractivity (Wildman–Crippen MR) is 99.5 cm³/mol. The van der Waals surface area contributed by atoms with Gasteiger partial charge in [0.2, 0.25) is 0 Å². The SMILES string of the molecule is Cc1ccccc1OCC(=O)NC(=S)N1CCCc2ccccc21. The van der Waals surface area contributed by atoms with Gasteiger partial charge in [-0.05, 0) is 55.2 Å². The molecule has 2 aromatic rings. The minimum atomic E-state index is -0.244. The normalized spacial score (nSPS) is 13.1. The molecular formula is C19H20N2O2S. The third-order valence-corrected chi connectivity index (χ3v) is 4.38. The van der Waals surface area contributed by atoms with E-state index in [4.69, 9.17) is 17.0 Å². The fourth-order valence-corrected chi connectivity index (χ4v) is 3.13. The van der Waals surface area contributed by atoms with E-state index in [0.29, 0.717) is 10.9 Å². The highest BCUT2D eigenvalue weighted by Crippen LogP contribution is 2.26. The Morgan fingerprint density at radius 3 is 2.79 bits per heavy atom. The van der Waals surface area contributed by atoms with Crippen LogP contribution in [0.3, 0.4) is 0 Å². The molecule has 24 heavy (non-hydrogen) atoms. The van der Waals surface area contributed by atoms with Gasteiger partial charge < -0.3 is 9.64 Å². The van der Waals surface area contributed by atoms with Crippen LogP contribution in [0, 0.1) is 6.92 Å². The lowest BCUT2D eigenvalue weighted by atomic mass is 10.0. The number of hydrogen-bond donors (Lipinski definition) is 1. The van der Waals surface area contributed by atoms with E-state index < -0.39 is 0 Å². The lowest BCUT2D eigenvalue weighted by Crippen LogP contribution is -2.46. The molecule has 1 heterocycles. The zero-order valence-corrected chi connectivity index (χ0v) is 14.4. The number of thiocarbonyl (C=S) groups is 1. The average Bonchev–Trinajstić information content (AvgIpc) is 2.60. The standard InChI is InChI=1S/C19H20N2O2S/c1-14-7-2-5-11-17(14)23-13-18(22)20-19(24)21-12-6-9-15-8-3-4-10-16(15)21/h2-5,7-8,10-11H,6,9,12-13H2,1H3,(H,20,22,24). The molecule has 0 saturated heterocycles. The molecule has 2 aromatic carbocycles. The van der Waals surface area contributed by atoms with E-state index in [2.05, 4.69) is 11.4 Å². The monoisotopic (exact) mass is 340 g/mol. The summed E-state index contributed by atoms with van der Waals surface area (Å²) in [6, 6.07) is 15.8. The number of nitrogens with zero attached hydrogens (tertiary/aromatic N) is 1. The van der Waals surface area contributed by atoms with Crippen molar-refractivity contribution in [3.05, 3.63) is 59.7 Å². The number of carbonyl (C=O) groups is 1. The maximum atomic E-state index is 12.1. The van der Waals surface area contributed by atoms with Gasteiger partial charge >= 0.3 is 0 Å². The summed E-state index contributed by atoms with van der Waals surface area (Å²) < 4.78 is 5.57. The van der Waals surface area contributed by atoms with Crippen molar-refractivity contribution in [2.24, 2.45) is 0 Å². The largest absolute Gasteiger partial charge is 0.483 e. The summed E-state index contributed by atoms with van der Waals surface area (Å²) >= 11 is 5.42. The first-order valence-corrected chi connectivity index (χ1v) is 8.43. The van der Waals surface area contributed by atoms with E-state index in [1.807, 2.05) is 54.3 Å². The van der Waals surface area contributed by atoms with Gasteiger partial charge in [0.05, 0.1) is 0 Å². The molecule has 0 aromatic heterocycles. The highest BCUT2D eigenvalue weighted by Gasteiger charge is 2.20. The van der Waals surface area contributed by atoms with Crippen LogP contribution in [-0.4, -0.2) is 24.2 Å². The van der Waals surface area contributed by atoms with E-state index in [9.17, 15) is 4.79 Å².